The molecule has 0 amide bonds. The molecule has 1 nitrogen and oxygen atoms in total. The van der Waals surface area contributed by atoms with E-state index in [0.29, 0.717) is 16.8 Å². The highest BCUT2D eigenvalue weighted by Gasteiger charge is 2.11. The first-order chi connectivity index (χ1) is 6.93. The van der Waals surface area contributed by atoms with Crippen LogP contribution in [-0.4, -0.2) is 6.17 Å². The largest absolute Gasteiger partial charge is 0.399 e. The van der Waals surface area contributed by atoms with E-state index in [0.717, 1.165) is 5.57 Å². The molecule has 2 N–H and O–H groups in total. The van der Waals surface area contributed by atoms with Crippen molar-refractivity contribution in [2.45, 2.75) is 33.9 Å². The normalized spacial score (nSPS) is 16.5. The van der Waals surface area contributed by atoms with Gasteiger partial charge < -0.3 is 5.73 Å². The molecule has 0 heterocycles. The van der Waals surface area contributed by atoms with E-state index < -0.39 is 6.17 Å². The fourth-order valence-electron chi connectivity index (χ4n) is 1.11. The van der Waals surface area contributed by atoms with Crippen LogP contribution in [0.3, 0.4) is 0 Å². The number of hydrogen-bond acceptors (Lipinski definition) is 1. The summed E-state index contributed by atoms with van der Waals surface area (Å²) in [6, 6.07) is 0. The smallest absolute Gasteiger partial charge is 0.123 e. The van der Waals surface area contributed by atoms with Crippen LogP contribution in [0, 0.1) is 0 Å². The monoisotopic (exact) mass is 209 g/mol. The lowest BCUT2D eigenvalue weighted by Crippen LogP contribution is -2.05. The summed E-state index contributed by atoms with van der Waals surface area (Å²) in [5, 5.41) is 0. The summed E-state index contributed by atoms with van der Waals surface area (Å²) < 4.78 is 13.4. The number of halogens is 1. The van der Waals surface area contributed by atoms with E-state index in [2.05, 4.69) is 6.58 Å². The summed E-state index contributed by atoms with van der Waals surface area (Å²) >= 11 is 0. The van der Waals surface area contributed by atoms with E-state index in [1.54, 1.807) is 12.2 Å². The van der Waals surface area contributed by atoms with Crippen molar-refractivity contribution in [2.24, 2.45) is 5.73 Å². The molecule has 0 saturated carbocycles. The number of hydrogen-bond donors (Lipinski definition) is 1. The molecule has 0 aromatic rings. The predicted octanol–water partition coefficient (Wildman–Crippen LogP) is 3.66. The van der Waals surface area contributed by atoms with Gasteiger partial charge in [0.05, 0.1) is 0 Å². The Hall–Kier alpha value is -1.31. The zero-order chi connectivity index (χ0) is 12.0. The lowest BCUT2D eigenvalue weighted by molar-refractivity contribution is 0.415. The van der Waals surface area contributed by atoms with E-state index >= 15 is 0 Å². The van der Waals surface area contributed by atoms with Crippen LogP contribution >= 0.6 is 0 Å². The molecule has 0 aromatic heterocycles. The minimum atomic E-state index is -1.06. The third-order valence-electron chi connectivity index (χ3n) is 2.34. The van der Waals surface area contributed by atoms with Crippen molar-refractivity contribution >= 4 is 0 Å². The Bertz CT molecular complexity index is 319. The molecule has 1 unspecified atom stereocenters. The maximum absolute atomic E-state index is 13.4. The number of rotatable bonds is 4. The summed E-state index contributed by atoms with van der Waals surface area (Å²) in [7, 11) is 0. The SMILES string of the molecule is C=C(/C(C)=C/C)/C(=C\C(N)=C/C)C(C)F. The fourth-order valence-corrected chi connectivity index (χ4v) is 1.11. The second-order valence-electron chi connectivity index (χ2n) is 3.45. The summed E-state index contributed by atoms with van der Waals surface area (Å²) in [4.78, 5) is 0. The van der Waals surface area contributed by atoms with E-state index in [4.69, 9.17) is 5.73 Å². The highest BCUT2D eigenvalue weighted by molar-refractivity contribution is 5.47. The van der Waals surface area contributed by atoms with Crippen LogP contribution in [0.15, 0.2) is 47.2 Å². The molecule has 84 valence electrons. The average molecular weight is 209 g/mol. The molecule has 0 spiro atoms. The van der Waals surface area contributed by atoms with Crippen molar-refractivity contribution in [3.63, 3.8) is 0 Å². The quantitative estimate of drug-likeness (QED) is 0.703. The van der Waals surface area contributed by atoms with E-state index in [-0.39, 0.29) is 0 Å². The van der Waals surface area contributed by atoms with Gasteiger partial charge in [-0.05, 0) is 50.5 Å². The third-order valence-corrected chi connectivity index (χ3v) is 2.34. The maximum atomic E-state index is 13.4. The van der Waals surface area contributed by atoms with Crippen molar-refractivity contribution < 1.29 is 4.39 Å². The zero-order valence-corrected chi connectivity index (χ0v) is 9.97. The molecule has 0 aliphatic carbocycles. The van der Waals surface area contributed by atoms with Gasteiger partial charge in [0.1, 0.15) is 6.17 Å². The second-order valence-corrected chi connectivity index (χ2v) is 3.45. The van der Waals surface area contributed by atoms with Gasteiger partial charge in [-0.3, -0.25) is 0 Å². The molecule has 0 rings (SSSR count). The Balaban J connectivity index is 5.17. The topological polar surface area (TPSA) is 26.0 Å². The summed E-state index contributed by atoms with van der Waals surface area (Å²) in [6.07, 6.45) is 4.22. The van der Waals surface area contributed by atoms with Gasteiger partial charge in [0, 0.05) is 5.70 Å². The fraction of sp³-hybridized carbons (Fsp3) is 0.385. The average Bonchev–Trinajstić information content (AvgIpc) is 2.22. The molecule has 0 fully saturated rings. The van der Waals surface area contributed by atoms with Crippen molar-refractivity contribution in [3.05, 3.63) is 47.2 Å². The molecule has 1 atom stereocenters. The standard InChI is InChI=1S/C13H20FN/c1-6-9(3)10(4)13(11(5)14)8-12(15)7-2/h6-8,11H,4,15H2,1-3,5H3/b9-6+,12-7+,13-8+. The maximum Gasteiger partial charge on any atom is 0.123 e. The second kappa shape index (κ2) is 6.23. The number of nitrogens with two attached hydrogens (primary N) is 1. The summed E-state index contributed by atoms with van der Waals surface area (Å²) in [5.74, 6) is 0. The molecule has 15 heavy (non-hydrogen) atoms. The Morgan fingerprint density at radius 2 is 1.87 bits per heavy atom. The van der Waals surface area contributed by atoms with Crippen molar-refractivity contribution in [1.29, 1.82) is 0 Å². The molecule has 0 radical (unpaired) electrons. The molecule has 2 heteroatoms. The highest BCUT2D eigenvalue weighted by atomic mass is 19.1. The van der Waals surface area contributed by atoms with Crippen LogP contribution < -0.4 is 5.73 Å². The van der Waals surface area contributed by atoms with Crippen LogP contribution in [-0.2, 0) is 0 Å². The summed E-state index contributed by atoms with van der Waals surface area (Å²) in [6.45, 7) is 11.0. The Kier molecular flexibility index (Phi) is 5.68. The van der Waals surface area contributed by atoms with Crippen LogP contribution in [0.25, 0.3) is 0 Å². The first-order valence-electron chi connectivity index (χ1n) is 5.04. The minimum Gasteiger partial charge on any atom is -0.399 e. The Morgan fingerprint density at radius 1 is 1.33 bits per heavy atom. The van der Waals surface area contributed by atoms with Crippen molar-refractivity contribution in [1.82, 2.24) is 0 Å². The first-order valence-corrected chi connectivity index (χ1v) is 5.04. The van der Waals surface area contributed by atoms with Gasteiger partial charge >= 0.3 is 0 Å². The van der Waals surface area contributed by atoms with Gasteiger partial charge in [-0.2, -0.15) is 0 Å². The Morgan fingerprint density at radius 3 is 2.20 bits per heavy atom. The van der Waals surface area contributed by atoms with Gasteiger partial charge in [-0.25, -0.2) is 4.39 Å². The van der Waals surface area contributed by atoms with E-state index in [1.165, 1.54) is 6.92 Å². The summed E-state index contributed by atoms with van der Waals surface area (Å²) in [5.41, 5.74) is 8.42. The van der Waals surface area contributed by atoms with Crippen LogP contribution in [0.2, 0.25) is 0 Å². The molecule has 0 aliphatic heterocycles. The minimum absolute atomic E-state index is 0.543. The lowest BCUT2D eigenvalue weighted by Gasteiger charge is -2.13. The lowest BCUT2D eigenvalue weighted by atomic mass is 9.96. The number of alkyl halides is 1. The van der Waals surface area contributed by atoms with Crippen LogP contribution in [0.5, 0.6) is 0 Å². The molecule has 0 aliphatic rings. The van der Waals surface area contributed by atoms with Gasteiger partial charge in [-0.15, -0.1) is 0 Å². The molecule has 0 saturated heterocycles. The van der Waals surface area contributed by atoms with E-state index in [9.17, 15) is 4.39 Å². The molecular weight excluding hydrogens is 189 g/mol. The van der Waals surface area contributed by atoms with E-state index in [1.807, 2.05) is 26.8 Å². The predicted molar refractivity (Wildman–Crippen MR) is 65.2 cm³/mol. The molecule has 0 bridgehead atoms. The molecular formula is C13H20FN. The zero-order valence-electron chi connectivity index (χ0n) is 9.97. The van der Waals surface area contributed by atoms with Gasteiger partial charge in [0.25, 0.3) is 0 Å². The van der Waals surface area contributed by atoms with Crippen molar-refractivity contribution in [2.75, 3.05) is 0 Å². The molecule has 0 aromatic carbocycles. The highest BCUT2D eigenvalue weighted by Crippen LogP contribution is 2.22. The number of allylic oxidation sites excluding steroid dienone is 6. The van der Waals surface area contributed by atoms with Gasteiger partial charge in [-0.1, -0.05) is 18.7 Å². The van der Waals surface area contributed by atoms with Gasteiger partial charge in [0.15, 0.2) is 0 Å². The third kappa shape index (κ3) is 4.15. The van der Waals surface area contributed by atoms with Crippen molar-refractivity contribution in [3.8, 4) is 0 Å². The Labute approximate surface area is 91.9 Å². The van der Waals surface area contributed by atoms with Gasteiger partial charge in [0.2, 0.25) is 0 Å². The van der Waals surface area contributed by atoms with Crippen LogP contribution in [0.1, 0.15) is 27.7 Å². The first kappa shape index (κ1) is 13.7. The van der Waals surface area contributed by atoms with Crippen LogP contribution in [0.4, 0.5) is 4.39 Å².